The lowest BCUT2D eigenvalue weighted by Crippen LogP contribution is -2.38. The Bertz CT molecular complexity index is 1370. The van der Waals surface area contributed by atoms with Crippen molar-refractivity contribution >= 4 is 34.2 Å². The van der Waals surface area contributed by atoms with E-state index in [1.807, 2.05) is 29.3 Å². The Morgan fingerprint density at radius 3 is 2.56 bits per heavy atom. The largest absolute Gasteiger partial charge is 0.402 e. The number of amides is 2. The van der Waals surface area contributed by atoms with Crippen LogP contribution in [0.25, 0.3) is 22.3 Å². The molecule has 9 heteroatoms. The van der Waals surface area contributed by atoms with E-state index in [1.165, 1.54) is 0 Å². The fourth-order valence-electron chi connectivity index (χ4n) is 4.62. The molecule has 1 saturated carbocycles. The maximum Gasteiger partial charge on any atom is 0.273 e. The molecule has 0 aromatic carbocycles. The normalized spacial score (nSPS) is 17.1. The van der Waals surface area contributed by atoms with E-state index in [0.29, 0.717) is 34.4 Å². The van der Waals surface area contributed by atoms with Crippen LogP contribution in [0, 0.1) is 11.3 Å². The van der Waals surface area contributed by atoms with E-state index in [2.05, 4.69) is 26.3 Å². The molecule has 0 atom stereocenters. The molecule has 36 heavy (non-hydrogen) atoms. The SMILES string of the molecule is C/C(N)=C(\C)C(=N)C(=O)Nc1cnc2[nH]c(-c3ccnc(C4CCN(C(=O)C5CC5)CC4)c3)cc2c1. The average Bonchev–Trinajstić information content (AvgIpc) is 3.66. The molecule has 3 aromatic rings. The van der Waals surface area contributed by atoms with E-state index in [-0.39, 0.29) is 11.6 Å². The molecule has 5 rings (SSSR count). The lowest BCUT2D eigenvalue weighted by atomic mass is 9.92. The number of hydrogen-bond donors (Lipinski definition) is 4. The number of piperidine rings is 1. The number of hydrogen-bond acceptors (Lipinski definition) is 6. The maximum atomic E-state index is 12.4. The summed E-state index contributed by atoms with van der Waals surface area (Å²) in [5, 5.41) is 11.6. The van der Waals surface area contributed by atoms with Crippen molar-refractivity contribution in [3.8, 4) is 11.3 Å². The first-order valence-corrected chi connectivity index (χ1v) is 12.4. The lowest BCUT2D eigenvalue weighted by molar-refractivity contribution is -0.133. The minimum atomic E-state index is -0.530. The zero-order valence-electron chi connectivity index (χ0n) is 20.6. The van der Waals surface area contributed by atoms with Crippen LogP contribution >= 0.6 is 0 Å². The second kappa shape index (κ2) is 9.56. The molecule has 4 heterocycles. The molecule has 0 unspecified atom stereocenters. The predicted molar refractivity (Wildman–Crippen MR) is 140 cm³/mol. The van der Waals surface area contributed by atoms with Gasteiger partial charge in [-0.25, -0.2) is 4.98 Å². The predicted octanol–water partition coefficient (Wildman–Crippen LogP) is 3.95. The van der Waals surface area contributed by atoms with Gasteiger partial charge in [-0.3, -0.25) is 20.0 Å². The van der Waals surface area contributed by atoms with Gasteiger partial charge < -0.3 is 20.9 Å². The van der Waals surface area contributed by atoms with Crippen LogP contribution in [-0.4, -0.2) is 50.5 Å². The van der Waals surface area contributed by atoms with Crippen LogP contribution in [0.2, 0.25) is 0 Å². The summed E-state index contributed by atoms with van der Waals surface area (Å²) in [6.45, 7) is 4.91. The molecule has 9 nitrogen and oxygen atoms in total. The highest BCUT2D eigenvalue weighted by molar-refractivity contribution is 6.47. The molecule has 5 N–H and O–H groups in total. The van der Waals surface area contributed by atoms with Crippen LogP contribution in [0.4, 0.5) is 5.69 Å². The summed E-state index contributed by atoms with van der Waals surface area (Å²) in [5.74, 6) is 0.408. The Morgan fingerprint density at radius 2 is 1.86 bits per heavy atom. The van der Waals surface area contributed by atoms with E-state index in [0.717, 1.165) is 61.1 Å². The van der Waals surface area contributed by atoms with Crippen molar-refractivity contribution in [1.82, 2.24) is 19.9 Å². The van der Waals surface area contributed by atoms with Gasteiger partial charge in [0.25, 0.3) is 5.91 Å². The number of nitrogens with zero attached hydrogens (tertiary/aromatic N) is 3. The first-order chi connectivity index (χ1) is 17.3. The number of nitrogens with one attached hydrogen (secondary N) is 3. The van der Waals surface area contributed by atoms with Crippen molar-refractivity contribution < 1.29 is 9.59 Å². The van der Waals surface area contributed by atoms with E-state index in [9.17, 15) is 9.59 Å². The van der Waals surface area contributed by atoms with E-state index >= 15 is 0 Å². The molecule has 1 aliphatic carbocycles. The van der Waals surface area contributed by atoms with Crippen molar-refractivity contribution in [3.05, 3.63) is 53.6 Å². The molecule has 2 amide bonds. The quantitative estimate of drug-likeness (QED) is 0.391. The topological polar surface area (TPSA) is 141 Å². The van der Waals surface area contributed by atoms with E-state index in [4.69, 9.17) is 11.1 Å². The molecule has 0 bridgehead atoms. The van der Waals surface area contributed by atoms with Crippen molar-refractivity contribution in [2.24, 2.45) is 11.7 Å². The van der Waals surface area contributed by atoms with Crippen LogP contribution in [0.5, 0.6) is 0 Å². The van der Waals surface area contributed by atoms with Crippen molar-refractivity contribution in [3.63, 3.8) is 0 Å². The molecule has 0 spiro atoms. The Balaban J connectivity index is 1.29. The van der Waals surface area contributed by atoms with Gasteiger partial charge in [-0.05, 0) is 69.4 Å². The molecular formula is C27H31N7O2. The summed E-state index contributed by atoms with van der Waals surface area (Å²) >= 11 is 0. The van der Waals surface area contributed by atoms with Gasteiger partial charge in [0, 0.05) is 59.2 Å². The summed E-state index contributed by atoms with van der Waals surface area (Å²) in [4.78, 5) is 39.2. The van der Waals surface area contributed by atoms with Crippen molar-refractivity contribution in [1.29, 1.82) is 5.41 Å². The third-order valence-corrected chi connectivity index (χ3v) is 7.17. The summed E-state index contributed by atoms with van der Waals surface area (Å²) in [6, 6.07) is 7.90. The highest BCUT2D eigenvalue weighted by atomic mass is 16.2. The third-order valence-electron chi connectivity index (χ3n) is 7.17. The Hall–Kier alpha value is -4.01. The maximum absolute atomic E-state index is 12.4. The van der Waals surface area contributed by atoms with Crippen LogP contribution in [0.1, 0.15) is 51.1 Å². The fourth-order valence-corrected chi connectivity index (χ4v) is 4.62. The zero-order valence-corrected chi connectivity index (χ0v) is 20.6. The number of allylic oxidation sites excluding steroid dienone is 1. The van der Waals surface area contributed by atoms with Crippen molar-refractivity contribution in [2.75, 3.05) is 18.4 Å². The Morgan fingerprint density at radius 1 is 1.11 bits per heavy atom. The van der Waals surface area contributed by atoms with E-state index < -0.39 is 5.91 Å². The minimum absolute atomic E-state index is 0.170. The van der Waals surface area contributed by atoms with Crippen LogP contribution in [0.3, 0.4) is 0 Å². The number of aromatic amines is 1. The van der Waals surface area contributed by atoms with Crippen molar-refractivity contribution in [2.45, 2.75) is 45.4 Å². The molecule has 2 fully saturated rings. The Kier molecular flexibility index (Phi) is 6.30. The lowest BCUT2D eigenvalue weighted by Gasteiger charge is -2.32. The molecule has 1 aliphatic heterocycles. The van der Waals surface area contributed by atoms with Gasteiger partial charge >= 0.3 is 0 Å². The molecule has 1 saturated heterocycles. The van der Waals surface area contributed by atoms with Gasteiger partial charge in [0.2, 0.25) is 5.91 Å². The molecule has 186 valence electrons. The van der Waals surface area contributed by atoms with Crippen LogP contribution in [-0.2, 0) is 9.59 Å². The summed E-state index contributed by atoms with van der Waals surface area (Å²) < 4.78 is 0. The van der Waals surface area contributed by atoms with Gasteiger partial charge in [0.15, 0.2) is 0 Å². The highest BCUT2D eigenvalue weighted by Gasteiger charge is 2.35. The smallest absolute Gasteiger partial charge is 0.273 e. The number of anilines is 1. The minimum Gasteiger partial charge on any atom is -0.402 e. The van der Waals surface area contributed by atoms with Crippen LogP contribution < -0.4 is 11.1 Å². The molecule has 3 aromatic heterocycles. The summed E-state index contributed by atoms with van der Waals surface area (Å²) in [7, 11) is 0. The second-order valence-electron chi connectivity index (χ2n) is 9.83. The van der Waals surface area contributed by atoms with Gasteiger partial charge in [-0.1, -0.05) is 0 Å². The number of fused-ring (bicyclic) bond motifs is 1. The highest BCUT2D eigenvalue weighted by Crippen LogP contribution is 2.35. The second-order valence-corrected chi connectivity index (χ2v) is 9.83. The number of nitrogens with two attached hydrogens (primary N) is 1. The summed E-state index contributed by atoms with van der Waals surface area (Å²) in [5.41, 5.74) is 10.6. The van der Waals surface area contributed by atoms with Gasteiger partial charge in [-0.2, -0.15) is 0 Å². The number of carbonyl (C=O) groups is 2. The molecule has 0 radical (unpaired) electrons. The number of aromatic nitrogens is 3. The average molecular weight is 486 g/mol. The standard InChI is InChI=1S/C27H31N7O2/c1-15(16(2)28)24(29)26(35)32-21-11-20-13-23(33-25(20)31-14-21)19-5-8-30-22(12-19)17-6-9-34(10-7-17)27(36)18-3-4-18/h5,8,11-14,17-18,29H,3-4,6-7,9-10,28H2,1-2H3,(H,31,33)(H,32,35)/b16-15-,29-24?. The molecule has 2 aliphatic rings. The molecular weight excluding hydrogens is 454 g/mol. The summed E-state index contributed by atoms with van der Waals surface area (Å²) in [6.07, 6.45) is 7.35. The van der Waals surface area contributed by atoms with Crippen LogP contribution in [0.15, 0.2) is 47.9 Å². The van der Waals surface area contributed by atoms with Gasteiger partial charge in [0.05, 0.1) is 11.9 Å². The van der Waals surface area contributed by atoms with Gasteiger partial charge in [0.1, 0.15) is 11.4 Å². The first kappa shape index (κ1) is 23.7. The van der Waals surface area contributed by atoms with Gasteiger partial charge in [-0.15, -0.1) is 0 Å². The fraction of sp³-hybridized carbons (Fsp3) is 0.370. The Labute approximate surface area is 209 Å². The monoisotopic (exact) mass is 485 g/mol. The van der Waals surface area contributed by atoms with E-state index in [1.54, 1.807) is 20.0 Å². The number of pyridine rings is 2. The first-order valence-electron chi connectivity index (χ1n) is 12.4. The number of rotatable bonds is 6. The number of likely N-dealkylation sites (tertiary alicyclic amines) is 1. The number of carbonyl (C=O) groups excluding carboxylic acids is 2. The number of H-pyrrole nitrogens is 1. The zero-order chi connectivity index (χ0) is 25.4. The third kappa shape index (κ3) is 4.86.